The van der Waals surface area contributed by atoms with Crippen molar-refractivity contribution in [1.29, 1.82) is 0 Å². The molecule has 1 N–H and O–H groups in total. The van der Waals surface area contributed by atoms with Crippen molar-refractivity contribution in [3.63, 3.8) is 0 Å². The van der Waals surface area contributed by atoms with Gasteiger partial charge in [0.15, 0.2) is 5.76 Å². The summed E-state index contributed by atoms with van der Waals surface area (Å²) in [5, 5.41) is 10.3. The summed E-state index contributed by atoms with van der Waals surface area (Å²) in [4.78, 5) is 11.7. The summed E-state index contributed by atoms with van der Waals surface area (Å²) in [6.07, 6.45) is 0.114. The SMILES string of the molecule is CCC(O)CC(=O)c1cc2ccccc2o1. The molecule has 16 heavy (non-hydrogen) atoms. The second-order valence-corrected chi connectivity index (χ2v) is 3.84. The Labute approximate surface area is 93.7 Å². The summed E-state index contributed by atoms with van der Waals surface area (Å²) in [6.45, 7) is 1.84. The minimum Gasteiger partial charge on any atom is -0.453 e. The lowest BCUT2D eigenvalue weighted by Crippen LogP contribution is -2.11. The van der Waals surface area contributed by atoms with Crippen LogP contribution >= 0.6 is 0 Å². The van der Waals surface area contributed by atoms with Crippen LogP contribution in [0.5, 0.6) is 0 Å². The largest absolute Gasteiger partial charge is 0.453 e. The van der Waals surface area contributed by atoms with E-state index in [0.29, 0.717) is 17.8 Å². The lowest BCUT2D eigenvalue weighted by molar-refractivity contribution is 0.0850. The first-order chi connectivity index (χ1) is 7.70. The standard InChI is InChI=1S/C13H14O3/c1-2-10(14)8-11(15)13-7-9-5-3-4-6-12(9)16-13/h3-7,10,14H,2,8H2,1H3. The van der Waals surface area contributed by atoms with E-state index in [1.165, 1.54) is 0 Å². The van der Waals surface area contributed by atoms with Gasteiger partial charge in [-0.25, -0.2) is 0 Å². The zero-order valence-electron chi connectivity index (χ0n) is 9.14. The van der Waals surface area contributed by atoms with Crippen molar-refractivity contribution in [2.75, 3.05) is 0 Å². The third-order valence-electron chi connectivity index (χ3n) is 2.59. The van der Waals surface area contributed by atoms with Crippen LogP contribution in [0.4, 0.5) is 0 Å². The number of Topliss-reactive ketones (excluding diaryl/α,β-unsaturated/α-hetero) is 1. The molecule has 0 saturated heterocycles. The Kier molecular flexibility index (Phi) is 3.06. The second-order valence-electron chi connectivity index (χ2n) is 3.84. The average Bonchev–Trinajstić information content (AvgIpc) is 2.72. The molecule has 3 heteroatoms. The molecular weight excluding hydrogens is 204 g/mol. The van der Waals surface area contributed by atoms with E-state index in [-0.39, 0.29) is 12.2 Å². The van der Waals surface area contributed by atoms with Gasteiger partial charge in [-0.05, 0) is 18.6 Å². The molecule has 1 aromatic carbocycles. The number of rotatable bonds is 4. The second kappa shape index (κ2) is 4.49. The van der Waals surface area contributed by atoms with Gasteiger partial charge in [0.25, 0.3) is 0 Å². The van der Waals surface area contributed by atoms with E-state index in [0.717, 1.165) is 5.39 Å². The number of fused-ring (bicyclic) bond motifs is 1. The number of carbonyl (C=O) groups is 1. The molecule has 2 rings (SSSR count). The van der Waals surface area contributed by atoms with Gasteiger partial charge in [0.1, 0.15) is 5.58 Å². The zero-order chi connectivity index (χ0) is 11.5. The van der Waals surface area contributed by atoms with E-state index in [2.05, 4.69) is 0 Å². The number of hydrogen-bond acceptors (Lipinski definition) is 3. The molecule has 1 heterocycles. The maximum Gasteiger partial charge on any atom is 0.200 e. The predicted molar refractivity (Wildman–Crippen MR) is 61.5 cm³/mol. The molecule has 0 radical (unpaired) electrons. The van der Waals surface area contributed by atoms with E-state index in [4.69, 9.17) is 4.42 Å². The molecule has 84 valence electrons. The smallest absolute Gasteiger partial charge is 0.200 e. The molecule has 1 aromatic heterocycles. The normalized spacial score (nSPS) is 12.9. The Morgan fingerprint density at radius 3 is 2.88 bits per heavy atom. The Balaban J connectivity index is 2.23. The third kappa shape index (κ3) is 2.14. The highest BCUT2D eigenvalue weighted by Crippen LogP contribution is 2.20. The first-order valence-corrected chi connectivity index (χ1v) is 5.40. The van der Waals surface area contributed by atoms with Crippen molar-refractivity contribution in [1.82, 2.24) is 0 Å². The summed E-state index contributed by atoms with van der Waals surface area (Å²) >= 11 is 0. The van der Waals surface area contributed by atoms with Crippen molar-refractivity contribution in [2.45, 2.75) is 25.9 Å². The number of aliphatic hydroxyl groups excluding tert-OH is 1. The predicted octanol–water partition coefficient (Wildman–Crippen LogP) is 2.78. The van der Waals surface area contributed by atoms with Gasteiger partial charge in [-0.3, -0.25) is 4.79 Å². The van der Waals surface area contributed by atoms with Gasteiger partial charge < -0.3 is 9.52 Å². The van der Waals surface area contributed by atoms with Crippen LogP contribution < -0.4 is 0 Å². The number of para-hydroxylation sites is 1. The molecule has 0 aliphatic heterocycles. The molecule has 2 aromatic rings. The number of aliphatic hydroxyl groups is 1. The average molecular weight is 218 g/mol. The topological polar surface area (TPSA) is 50.4 Å². The van der Waals surface area contributed by atoms with E-state index < -0.39 is 6.10 Å². The summed E-state index contributed by atoms with van der Waals surface area (Å²) in [7, 11) is 0. The Morgan fingerprint density at radius 2 is 2.19 bits per heavy atom. The molecule has 0 spiro atoms. The number of ketones is 1. The molecule has 0 bridgehead atoms. The first-order valence-electron chi connectivity index (χ1n) is 5.40. The highest BCUT2D eigenvalue weighted by atomic mass is 16.3. The lowest BCUT2D eigenvalue weighted by Gasteiger charge is -2.03. The fourth-order valence-electron chi connectivity index (χ4n) is 1.58. The highest BCUT2D eigenvalue weighted by Gasteiger charge is 2.15. The summed E-state index contributed by atoms with van der Waals surface area (Å²) in [6, 6.07) is 9.20. The lowest BCUT2D eigenvalue weighted by atomic mass is 10.1. The Hall–Kier alpha value is -1.61. The number of carbonyl (C=O) groups excluding carboxylic acids is 1. The maximum atomic E-state index is 11.7. The molecule has 1 atom stereocenters. The van der Waals surface area contributed by atoms with Crippen LogP contribution in [-0.2, 0) is 0 Å². The van der Waals surface area contributed by atoms with E-state index >= 15 is 0 Å². The van der Waals surface area contributed by atoms with Gasteiger partial charge in [0, 0.05) is 11.8 Å². The van der Waals surface area contributed by atoms with Crippen LogP contribution in [0.25, 0.3) is 11.0 Å². The summed E-state index contributed by atoms with van der Waals surface area (Å²) in [5.74, 6) is 0.180. The zero-order valence-corrected chi connectivity index (χ0v) is 9.14. The number of hydrogen-bond donors (Lipinski definition) is 1. The van der Waals surface area contributed by atoms with Crippen LogP contribution in [0, 0.1) is 0 Å². The molecule has 0 amide bonds. The first kappa shape index (κ1) is 10.9. The molecule has 0 fully saturated rings. The fourth-order valence-corrected chi connectivity index (χ4v) is 1.58. The van der Waals surface area contributed by atoms with Crippen molar-refractivity contribution in [3.8, 4) is 0 Å². The molecule has 0 saturated carbocycles. The van der Waals surface area contributed by atoms with E-state index in [1.54, 1.807) is 6.07 Å². The molecule has 3 nitrogen and oxygen atoms in total. The van der Waals surface area contributed by atoms with Crippen LogP contribution in [0.3, 0.4) is 0 Å². The molecule has 0 aliphatic carbocycles. The number of furan rings is 1. The van der Waals surface area contributed by atoms with Crippen molar-refractivity contribution >= 4 is 16.8 Å². The van der Waals surface area contributed by atoms with Crippen molar-refractivity contribution in [2.24, 2.45) is 0 Å². The fraction of sp³-hybridized carbons (Fsp3) is 0.308. The van der Waals surface area contributed by atoms with Gasteiger partial charge in [-0.2, -0.15) is 0 Å². The van der Waals surface area contributed by atoms with E-state index in [1.807, 2.05) is 31.2 Å². The Morgan fingerprint density at radius 1 is 1.44 bits per heavy atom. The van der Waals surface area contributed by atoms with Gasteiger partial charge in [0.2, 0.25) is 5.78 Å². The summed E-state index contributed by atoms with van der Waals surface area (Å²) < 4.78 is 5.41. The molecule has 0 aliphatic rings. The van der Waals surface area contributed by atoms with Gasteiger partial charge in [0.05, 0.1) is 6.10 Å². The van der Waals surface area contributed by atoms with Gasteiger partial charge in [-0.1, -0.05) is 25.1 Å². The summed E-state index contributed by atoms with van der Waals surface area (Å²) in [5.41, 5.74) is 0.705. The van der Waals surface area contributed by atoms with Crippen LogP contribution in [0.1, 0.15) is 30.3 Å². The van der Waals surface area contributed by atoms with Crippen molar-refractivity contribution in [3.05, 3.63) is 36.1 Å². The van der Waals surface area contributed by atoms with Gasteiger partial charge in [-0.15, -0.1) is 0 Å². The molecule has 1 unspecified atom stereocenters. The molecular formula is C13H14O3. The number of benzene rings is 1. The van der Waals surface area contributed by atoms with Crippen molar-refractivity contribution < 1.29 is 14.3 Å². The maximum absolute atomic E-state index is 11.7. The van der Waals surface area contributed by atoms with Crippen LogP contribution in [0.2, 0.25) is 0 Å². The quantitative estimate of drug-likeness (QED) is 0.803. The Bertz CT molecular complexity index is 466. The van der Waals surface area contributed by atoms with Crippen LogP contribution in [-0.4, -0.2) is 17.0 Å². The minimum absolute atomic E-state index is 0.121. The third-order valence-corrected chi connectivity index (χ3v) is 2.59. The minimum atomic E-state index is -0.583. The van der Waals surface area contributed by atoms with E-state index in [9.17, 15) is 9.90 Å². The van der Waals surface area contributed by atoms with Gasteiger partial charge >= 0.3 is 0 Å². The van der Waals surface area contributed by atoms with Crippen LogP contribution in [0.15, 0.2) is 34.7 Å². The highest BCUT2D eigenvalue weighted by molar-refractivity contribution is 5.97. The monoisotopic (exact) mass is 218 g/mol.